The highest BCUT2D eigenvalue weighted by atomic mass is 19.1. The molecule has 0 amide bonds. The third kappa shape index (κ3) is 1.75. The van der Waals surface area contributed by atoms with E-state index in [0.29, 0.717) is 28.9 Å². The van der Waals surface area contributed by atoms with E-state index in [9.17, 15) is 14.0 Å². The van der Waals surface area contributed by atoms with Crippen molar-refractivity contribution in [3.63, 3.8) is 0 Å². The number of anilines is 2. The molecule has 0 heterocycles. The maximum atomic E-state index is 13.3. The lowest BCUT2D eigenvalue weighted by Crippen LogP contribution is -2.37. The molecule has 0 aromatic heterocycles. The van der Waals surface area contributed by atoms with Crippen molar-refractivity contribution in [2.24, 2.45) is 0 Å². The molecular weight excluding hydrogens is 221 g/mol. The van der Waals surface area contributed by atoms with Gasteiger partial charge in [-0.3, -0.25) is 9.59 Å². The maximum Gasteiger partial charge on any atom is 0.249 e. The smallest absolute Gasteiger partial charge is 0.249 e. The molecule has 0 aliphatic carbocycles. The number of halogens is 1. The summed E-state index contributed by atoms with van der Waals surface area (Å²) in [5.41, 5.74) is 0.772. The van der Waals surface area contributed by atoms with Gasteiger partial charge in [-0.2, -0.15) is 0 Å². The summed E-state index contributed by atoms with van der Waals surface area (Å²) < 4.78 is 13.3. The van der Waals surface area contributed by atoms with Crippen LogP contribution in [-0.4, -0.2) is 0 Å². The summed E-state index contributed by atoms with van der Waals surface area (Å²) in [5, 5.41) is 2.84. The Balaban J connectivity index is 2.39. The van der Waals surface area contributed by atoms with E-state index in [1.165, 1.54) is 6.07 Å². The van der Waals surface area contributed by atoms with Crippen LogP contribution < -0.4 is 16.2 Å². The Kier molecular flexibility index (Phi) is 2.79. The predicted molar refractivity (Wildman–Crippen MR) is 65.2 cm³/mol. The second-order valence-electron chi connectivity index (χ2n) is 3.90. The molecule has 2 rings (SSSR count). The largest absolute Gasteiger partial charge is 0.352 e. The molecule has 88 valence electrons. The highest BCUT2D eigenvalue weighted by molar-refractivity contribution is 5.68. The molecule has 2 aromatic rings. The molecule has 17 heavy (non-hydrogen) atoms. The molecule has 0 unspecified atom stereocenters. The lowest BCUT2D eigenvalue weighted by molar-refractivity contribution is 0.619. The van der Waals surface area contributed by atoms with Crippen molar-refractivity contribution in [1.82, 2.24) is 0 Å². The summed E-state index contributed by atoms with van der Waals surface area (Å²) in [4.78, 5) is 22.6. The van der Waals surface area contributed by atoms with Crippen molar-refractivity contribution >= 4 is 11.4 Å². The predicted octanol–water partition coefficient (Wildman–Crippen LogP) is 2.04. The van der Waals surface area contributed by atoms with Gasteiger partial charge in [-0.15, -0.1) is 0 Å². The zero-order valence-corrected chi connectivity index (χ0v) is 9.63. The van der Waals surface area contributed by atoms with Gasteiger partial charge in [0.15, 0.2) is 0 Å². The Morgan fingerprint density at radius 2 is 1.94 bits per heavy atom. The third-order valence-corrected chi connectivity index (χ3v) is 2.89. The van der Waals surface area contributed by atoms with Crippen LogP contribution in [0.3, 0.4) is 0 Å². The fourth-order valence-electron chi connectivity index (χ4n) is 1.79. The standard InChI is InChI=1S/C13H12FNO2/c1-3-8-11(13(17)12(8)16)15-10-6-4-5-9(14)7(10)2/h4-6,15H,3H2,1-2H3. The normalized spacial score (nSPS) is 10.8. The first-order chi connectivity index (χ1) is 8.06. The van der Waals surface area contributed by atoms with Crippen LogP contribution in [-0.2, 0) is 6.42 Å². The summed E-state index contributed by atoms with van der Waals surface area (Å²) >= 11 is 0. The molecule has 0 bridgehead atoms. The fourth-order valence-corrected chi connectivity index (χ4v) is 1.79. The number of benzene rings is 1. The molecule has 3 nitrogen and oxygen atoms in total. The van der Waals surface area contributed by atoms with Crippen molar-refractivity contribution in [3.8, 4) is 0 Å². The van der Waals surface area contributed by atoms with E-state index in [1.807, 2.05) is 0 Å². The second-order valence-corrected chi connectivity index (χ2v) is 3.90. The van der Waals surface area contributed by atoms with Gasteiger partial charge in [-0.1, -0.05) is 13.0 Å². The van der Waals surface area contributed by atoms with Gasteiger partial charge < -0.3 is 5.32 Å². The van der Waals surface area contributed by atoms with Crippen molar-refractivity contribution in [1.29, 1.82) is 0 Å². The lowest BCUT2D eigenvalue weighted by Gasteiger charge is -2.13. The zero-order chi connectivity index (χ0) is 12.6. The van der Waals surface area contributed by atoms with E-state index in [1.54, 1.807) is 26.0 Å². The van der Waals surface area contributed by atoms with E-state index < -0.39 is 10.9 Å². The minimum Gasteiger partial charge on any atom is -0.352 e. The van der Waals surface area contributed by atoms with Gasteiger partial charge in [0.1, 0.15) is 5.82 Å². The molecule has 0 fully saturated rings. The number of rotatable bonds is 3. The average molecular weight is 233 g/mol. The molecule has 0 atom stereocenters. The van der Waals surface area contributed by atoms with Crippen LogP contribution in [0, 0.1) is 12.7 Å². The third-order valence-electron chi connectivity index (χ3n) is 2.89. The zero-order valence-electron chi connectivity index (χ0n) is 9.63. The van der Waals surface area contributed by atoms with Gasteiger partial charge in [-0.05, 0) is 25.5 Å². The number of hydrogen-bond acceptors (Lipinski definition) is 3. The first-order valence-corrected chi connectivity index (χ1v) is 5.40. The first-order valence-electron chi connectivity index (χ1n) is 5.40. The molecular formula is C13H12FNO2. The molecule has 0 spiro atoms. The molecule has 0 saturated carbocycles. The van der Waals surface area contributed by atoms with E-state index in [4.69, 9.17) is 0 Å². The minimum absolute atomic E-state index is 0.297. The van der Waals surface area contributed by atoms with Crippen LogP contribution in [0.5, 0.6) is 0 Å². The van der Waals surface area contributed by atoms with Crippen LogP contribution in [0.1, 0.15) is 18.1 Å². The summed E-state index contributed by atoms with van der Waals surface area (Å²) in [6, 6.07) is 4.58. The van der Waals surface area contributed by atoms with Crippen LogP contribution in [0.25, 0.3) is 0 Å². The minimum atomic E-state index is -0.523. The second kappa shape index (κ2) is 4.13. The summed E-state index contributed by atoms with van der Waals surface area (Å²) in [5.74, 6) is -0.341. The van der Waals surface area contributed by atoms with E-state index in [2.05, 4.69) is 5.32 Å². The Morgan fingerprint density at radius 3 is 2.59 bits per heavy atom. The lowest BCUT2D eigenvalue weighted by atomic mass is 10.0. The molecule has 1 N–H and O–H groups in total. The van der Waals surface area contributed by atoms with E-state index in [-0.39, 0.29) is 5.82 Å². The Morgan fingerprint density at radius 1 is 1.24 bits per heavy atom. The quantitative estimate of drug-likeness (QED) is 0.825. The molecule has 4 heteroatoms. The first kappa shape index (κ1) is 11.5. The SMILES string of the molecule is CCc1c(Nc2cccc(F)c2C)c(=O)c1=O. The van der Waals surface area contributed by atoms with Gasteiger partial charge in [0, 0.05) is 16.8 Å². The topological polar surface area (TPSA) is 46.2 Å². The fraction of sp³-hybridized carbons (Fsp3) is 0.231. The van der Waals surface area contributed by atoms with Crippen LogP contribution in [0.2, 0.25) is 0 Å². The van der Waals surface area contributed by atoms with Gasteiger partial charge in [0.05, 0.1) is 5.69 Å². The molecule has 0 aliphatic heterocycles. The number of hydrogen-bond donors (Lipinski definition) is 1. The highest BCUT2D eigenvalue weighted by Gasteiger charge is 2.19. The van der Waals surface area contributed by atoms with Crippen molar-refractivity contribution < 1.29 is 4.39 Å². The van der Waals surface area contributed by atoms with Gasteiger partial charge in [0.2, 0.25) is 10.9 Å². The van der Waals surface area contributed by atoms with E-state index in [0.717, 1.165) is 0 Å². The average Bonchev–Trinajstić information content (AvgIpc) is 2.33. The van der Waals surface area contributed by atoms with Gasteiger partial charge >= 0.3 is 0 Å². The van der Waals surface area contributed by atoms with E-state index >= 15 is 0 Å². The molecule has 0 radical (unpaired) electrons. The van der Waals surface area contributed by atoms with Crippen LogP contribution in [0.4, 0.5) is 15.8 Å². The highest BCUT2D eigenvalue weighted by Crippen LogP contribution is 2.22. The summed E-state index contributed by atoms with van der Waals surface area (Å²) in [7, 11) is 0. The Labute approximate surface area is 97.6 Å². The van der Waals surface area contributed by atoms with Crippen molar-refractivity contribution in [2.45, 2.75) is 20.3 Å². The summed E-state index contributed by atoms with van der Waals surface area (Å²) in [6.07, 6.45) is 0.501. The maximum absolute atomic E-state index is 13.3. The Bertz CT molecular complexity index is 639. The molecule has 0 saturated heterocycles. The van der Waals surface area contributed by atoms with Crippen LogP contribution >= 0.6 is 0 Å². The molecule has 0 aliphatic rings. The molecule has 2 aromatic carbocycles. The monoisotopic (exact) mass is 233 g/mol. The van der Waals surface area contributed by atoms with Gasteiger partial charge in [-0.25, -0.2) is 4.39 Å². The van der Waals surface area contributed by atoms with Crippen molar-refractivity contribution in [3.05, 3.63) is 55.6 Å². The van der Waals surface area contributed by atoms with Gasteiger partial charge in [0.25, 0.3) is 0 Å². The number of nitrogens with one attached hydrogen (secondary N) is 1. The van der Waals surface area contributed by atoms with Crippen molar-refractivity contribution in [2.75, 3.05) is 5.32 Å². The Hall–Kier alpha value is -1.97. The van der Waals surface area contributed by atoms with Crippen LogP contribution in [0.15, 0.2) is 27.8 Å². The summed E-state index contributed by atoms with van der Waals surface area (Å²) in [6.45, 7) is 3.43.